The summed E-state index contributed by atoms with van der Waals surface area (Å²) in [6.07, 6.45) is -1.05. The first kappa shape index (κ1) is 23.2. The Bertz CT molecular complexity index is 1030. The van der Waals surface area contributed by atoms with E-state index < -0.39 is 32.7 Å². The molecule has 0 amide bonds. The molecule has 1 aliphatic rings. The van der Waals surface area contributed by atoms with Gasteiger partial charge in [-0.1, -0.05) is 0 Å². The Morgan fingerprint density at radius 2 is 2.00 bits per heavy atom. The van der Waals surface area contributed by atoms with Crippen molar-refractivity contribution in [2.75, 3.05) is 24.3 Å². The highest BCUT2D eigenvalue weighted by molar-refractivity contribution is 7.89. The van der Waals surface area contributed by atoms with Gasteiger partial charge in [0.15, 0.2) is 0 Å². The number of aliphatic hydroxyl groups is 1. The van der Waals surface area contributed by atoms with Crippen molar-refractivity contribution in [3.8, 4) is 0 Å². The Balaban J connectivity index is 1.90. The number of hydrogen-bond donors (Lipinski definition) is 3. The molecule has 0 spiro atoms. The maximum Gasteiger partial charge on any atom is 0.417 e. The van der Waals surface area contributed by atoms with Gasteiger partial charge in [0, 0.05) is 37.8 Å². The first-order valence-electron chi connectivity index (χ1n) is 9.61. The van der Waals surface area contributed by atoms with E-state index in [9.17, 15) is 21.6 Å². The summed E-state index contributed by atoms with van der Waals surface area (Å²) in [5, 5.41) is 8.97. The first-order chi connectivity index (χ1) is 14.5. The van der Waals surface area contributed by atoms with Crippen LogP contribution in [0.15, 0.2) is 35.5 Å². The molecule has 2 aromatic heterocycles. The van der Waals surface area contributed by atoms with E-state index in [-0.39, 0.29) is 24.9 Å². The molecule has 2 heterocycles. The van der Waals surface area contributed by atoms with E-state index in [2.05, 4.69) is 14.7 Å². The van der Waals surface area contributed by atoms with Crippen molar-refractivity contribution in [2.24, 2.45) is 5.92 Å². The Morgan fingerprint density at radius 1 is 1.29 bits per heavy atom. The SMILES string of the molecule is CN(Cc1cc(N)ccn1)c1ncc(C(F)(F)F)cc1S(=O)(=O)NC1CC(CCO)C1. The van der Waals surface area contributed by atoms with Crippen LogP contribution in [0.25, 0.3) is 0 Å². The van der Waals surface area contributed by atoms with Crippen LogP contribution in [-0.4, -0.2) is 43.2 Å². The molecule has 0 aromatic carbocycles. The van der Waals surface area contributed by atoms with Crippen LogP contribution in [0, 0.1) is 5.92 Å². The second-order valence-electron chi connectivity index (χ2n) is 7.65. The number of alkyl halides is 3. The second kappa shape index (κ2) is 8.97. The molecule has 2 aromatic rings. The molecule has 0 aliphatic heterocycles. The van der Waals surface area contributed by atoms with E-state index in [4.69, 9.17) is 10.8 Å². The number of aromatic nitrogens is 2. The van der Waals surface area contributed by atoms with Gasteiger partial charge in [0.2, 0.25) is 10.0 Å². The van der Waals surface area contributed by atoms with Gasteiger partial charge in [-0.15, -0.1) is 0 Å². The summed E-state index contributed by atoms with van der Waals surface area (Å²) >= 11 is 0. The van der Waals surface area contributed by atoms with Crippen LogP contribution in [0.4, 0.5) is 24.7 Å². The molecule has 0 saturated heterocycles. The number of sulfonamides is 1. The molecule has 31 heavy (non-hydrogen) atoms. The number of aliphatic hydroxyl groups excluding tert-OH is 1. The van der Waals surface area contributed by atoms with E-state index in [0.717, 1.165) is 0 Å². The predicted molar refractivity (Wildman–Crippen MR) is 109 cm³/mol. The van der Waals surface area contributed by atoms with Crippen molar-refractivity contribution in [3.05, 3.63) is 41.9 Å². The molecular formula is C19H24F3N5O3S. The molecular weight excluding hydrogens is 435 g/mol. The number of rotatable bonds is 8. The zero-order valence-corrected chi connectivity index (χ0v) is 17.6. The summed E-state index contributed by atoms with van der Waals surface area (Å²) in [7, 11) is -2.77. The molecule has 0 radical (unpaired) electrons. The van der Waals surface area contributed by atoms with Gasteiger partial charge in [0.25, 0.3) is 0 Å². The molecule has 0 atom stereocenters. The second-order valence-corrected chi connectivity index (χ2v) is 9.33. The quantitative estimate of drug-likeness (QED) is 0.553. The van der Waals surface area contributed by atoms with Crippen molar-refractivity contribution in [3.63, 3.8) is 0 Å². The number of nitrogens with two attached hydrogens (primary N) is 1. The Labute approximate surface area is 178 Å². The molecule has 8 nitrogen and oxygen atoms in total. The molecule has 12 heteroatoms. The van der Waals surface area contributed by atoms with Crippen LogP contribution in [-0.2, 0) is 22.7 Å². The van der Waals surface area contributed by atoms with Crippen molar-refractivity contribution in [2.45, 2.75) is 42.9 Å². The Morgan fingerprint density at radius 3 is 2.61 bits per heavy atom. The number of nitrogens with zero attached hydrogens (tertiary/aromatic N) is 3. The van der Waals surface area contributed by atoms with Crippen LogP contribution in [0.3, 0.4) is 0 Å². The highest BCUT2D eigenvalue weighted by Gasteiger charge is 2.37. The summed E-state index contributed by atoms with van der Waals surface area (Å²) in [5.41, 5.74) is 5.53. The predicted octanol–water partition coefficient (Wildman–Crippen LogP) is 2.15. The molecule has 0 unspecified atom stereocenters. The molecule has 4 N–H and O–H groups in total. The summed E-state index contributed by atoms with van der Waals surface area (Å²) in [6, 6.07) is 3.37. The normalized spacial score (nSPS) is 19.1. The molecule has 1 saturated carbocycles. The van der Waals surface area contributed by atoms with Gasteiger partial charge >= 0.3 is 6.18 Å². The van der Waals surface area contributed by atoms with Crippen LogP contribution in [0.5, 0.6) is 0 Å². The third kappa shape index (κ3) is 5.63. The Kier molecular flexibility index (Phi) is 6.72. The summed E-state index contributed by atoms with van der Waals surface area (Å²) in [4.78, 5) is 8.81. The van der Waals surface area contributed by atoms with Gasteiger partial charge in [0.05, 0.1) is 17.8 Å². The molecule has 3 rings (SSSR count). The number of nitrogens with one attached hydrogen (secondary N) is 1. The molecule has 170 valence electrons. The lowest BCUT2D eigenvalue weighted by atomic mass is 9.79. The number of pyridine rings is 2. The maximum absolute atomic E-state index is 13.2. The highest BCUT2D eigenvalue weighted by atomic mass is 32.2. The zero-order chi connectivity index (χ0) is 22.8. The lowest BCUT2D eigenvalue weighted by Gasteiger charge is -2.35. The third-order valence-corrected chi connectivity index (χ3v) is 6.67. The summed E-state index contributed by atoms with van der Waals surface area (Å²) < 4.78 is 68.1. The fraction of sp³-hybridized carbons (Fsp3) is 0.474. The number of halogens is 3. The topological polar surface area (TPSA) is 121 Å². The lowest BCUT2D eigenvalue weighted by Crippen LogP contribution is -2.44. The van der Waals surface area contributed by atoms with Crippen LogP contribution in [0.2, 0.25) is 0 Å². The van der Waals surface area contributed by atoms with Crippen LogP contribution < -0.4 is 15.4 Å². The van der Waals surface area contributed by atoms with Gasteiger partial charge in [-0.3, -0.25) is 4.98 Å². The largest absolute Gasteiger partial charge is 0.417 e. The minimum Gasteiger partial charge on any atom is -0.399 e. The Hall–Kier alpha value is -2.44. The maximum atomic E-state index is 13.2. The van der Waals surface area contributed by atoms with Gasteiger partial charge < -0.3 is 15.7 Å². The van der Waals surface area contributed by atoms with E-state index in [1.807, 2.05) is 0 Å². The van der Waals surface area contributed by atoms with Crippen LogP contribution in [0.1, 0.15) is 30.5 Å². The zero-order valence-electron chi connectivity index (χ0n) is 16.8. The number of anilines is 2. The number of hydrogen-bond acceptors (Lipinski definition) is 7. The van der Waals surface area contributed by atoms with Gasteiger partial charge in [-0.2, -0.15) is 13.2 Å². The van der Waals surface area contributed by atoms with Gasteiger partial charge in [0.1, 0.15) is 10.7 Å². The minimum absolute atomic E-state index is 0.00859. The first-order valence-corrected chi connectivity index (χ1v) is 11.1. The van der Waals surface area contributed by atoms with Gasteiger partial charge in [-0.05, 0) is 43.4 Å². The molecule has 1 fully saturated rings. The molecule has 1 aliphatic carbocycles. The van der Waals surface area contributed by atoms with Gasteiger partial charge in [-0.25, -0.2) is 18.1 Å². The van der Waals surface area contributed by atoms with E-state index in [1.54, 1.807) is 12.1 Å². The van der Waals surface area contributed by atoms with Crippen LogP contribution >= 0.6 is 0 Å². The van der Waals surface area contributed by atoms with E-state index >= 15 is 0 Å². The molecule has 0 bridgehead atoms. The lowest BCUT2D eigenvalue weighted by molar-refractivity contribution is -0.138. The van der Waals surface area contributed by atoms with Crippen molar-refractivity contribution in [1.29, 1.82) is 0 Å². The summed E-state index contributed by atoms with van der Waals surface area (Å²) in [5.74, 6) is 0.0602. The minimum atomic E-state index is -4.74. The fourth-order valence-electron chi connectivity index (χ4n) is 3.51. The standard InChI is InChI=1S/C19H24F3N5O3S/c1-27(11-16-9-14(23)2-4-24-16)18-17(8-13(10-25-18)19(20,21)22)31(29,30)26-15-6-12(7-15)3-5-28/h2,4,8-10,12,15,26,28H,3,5-7,11H2,1H3,(H2,23,24). The van der Waals surface area contributed by atoms with Crippen molar-refractivity contribution >= 4 is 21.5 Å². The highest BCUT2D eigenvalue weighted by Crippen LogP contribution is 2.35. The van der Waals surface area contributed by atoms with E-state index in [1.165, 1.54) is 18.1 Å². The van der Waals surface area contributed by atoms with Crippen molar-refractivity contribution < 1.29 is 26.7 Å². The monoisotopic (exact) mass is 459 g/mol. The average Bonchev–Trinajstić information content (AvgIpc) is 2.65. The summed E-state index contributed by atoms with van der Waals surface area (Å²) in [6.45, 7) is 0.0998. The fourth-order valence-corrected chi connectivity index (χ4v) is 5.00. The van der Waals surface area contributed by atoms with Crippen molar-refractivity contribution in [1.82, 2.24) is 14.7 Å². The smallest absolute Gasteiger partial charge is 0.399 e. The third-order valence-electron chi connectivity index (χ3n) is 5.15. The average molecular weight is 459 g/mol. The van der Waals surface area contributed by atoms with E-state index in [0.29, 0.717) is 42.9 Å². The number of nitrogen functional groups attached to an aromatic ring is 1.